The fourth-order valence-electron chi connectivity index (χ4n) is 3.65. The Morgan fingerprint density at radius 1 is 1.08 bits per heavy atom. The molecule has 3 amide bonds. The SMILES string of the molecule is COC(=O)CNC(=O)C(c1cccc(C)c1O)N(C(=O)C(CC(C)C)NC(=O)OC(C)(C)C)C(C)C. The number of methoxy groups -OCH3 is 1. The molecule has 1 aromatic rings. The maximum atomic E-state index is 13.9. The molecule has 0 aliphatic carbocycles. The van der Waals surface area contributed by atoms with E-state index >= 15 is 0 Å². The van der Waals surface area contributed by atoms with Gasteiger partial charge in [-0.25, -0.2) is 4.79 Å². The van der Waals surface area contributed by atoms with Crippen molar-refractivity contribution < 1.29 is 33.8 Å². The van der Waals surface area contributed by atoms with Crippen LogP contribution in [0.4, 0.5) is 4.79 Å². The van der Waals surface area contributed by atoms with Crippen LogP contribution in [-0.4, -0.2) is 65.2 Å². The highest BCUT2D eigenvalue weighted by Crippen LogP contribution is 2.33. The maximum absolute atomic E-state index is 13.9. The third-order valence-corrected chi connectivity index (χ3v) is 5.23. The highest BCUT2D eigenvalue weighted by atomic mass is 16.6. The third-order valence-electron chi connectivity index (χ3n) is 5.23. The molecule has 3 N–H and O–H groups in total. The van der Waals surface area contributed by atoms with E-state index in [0.717, 1.165) is 0 Å². The van der Waals surface area contributed by atoms with Crippen LogP contribution in [0.3, 0.4) is 0 Å². The van der Waals surface area contributed by atoms with Gasteiger partial charge in [0.1, 0.15) is 30.0 Å². The van der Waals surface area contributed by atoms with Crippen LogP contribution < -0.4 is 10.6 Å². The van der Waals surface area contributed by atoms with Crippen molar-refractivity contribution in [3.8, 4) is 5.75 Å². The number of carbonyl (C=O) groups is 4. The summed E-state index contributed by atoms with van der Waals surface area (Å²) < 4.78 is 9.96. The summed E-state index contributed by atoms with van der Waals surface area (Å²) in [7, 11) is 1.20. The third kappa shape index (κ3) is 9.05. The number of alkyl carbamates (subject to hydrolysis) is 1. The molecule has 1 aromatic carbocycles. The number of carbonyl (C=O) groups excluding carboxylic acids is 4. The minimum atomic E-state index is -1.28. The number of aromatic hydroxyl groups is 1. The highest BCUT2D eigenvalue weighted by Gasteiger charge is 2.39. The van der Waals surface area contributed by atoms with Gasteiger partial charge in [0.15, 0.2) is 0 Å². The number of phenols is 1. The first-order valence-electron chi connectivity index (χ1n) is 12.0. The molecule has 0 aliphatic rings. The molecular weight excluding hydrogens is 466 g/mol. The van der Waals surface area contributed by atoms with Crippen LogP contribution in [0.1, 0.15) is 72.1 Å². The molecule has 0 spiro atoms. The Hall–Kier alpha value is -3.30. The number of amides is 3. The van der Waals surface area contributed by atoms with Crippen molar-refractivity contribution in [1.29, 1.82) is 0 Å². The molecule has 0 radical (unpaired) electrons. The number of nitrogens with one attached hydrogen (secondary N) is 2. The number of hydrogen-bond acceptors (Lipinski definition) is 7. The van der Waals surface area contributed by atoms with Crippen molar-refractivity contribution in [3.63, 3.8) is 0 Å². The van der Waals surface area contributed by atoms with Crippen LogP contribution in [-0.2, 0) is 23.9 Å². The summed E-state index contributed by atoms with van der Waals surface area (Å²) in [6.45, 7) is 13.7. The van der Waals surface area contributed by atoms with E-state index in [-0.39, 0.29) is 23.7 Å². The van der Waals surface area contributed by atoms with Crippen molar-refractivity contribution in [2.24, 2.45) is 5.92 Å². The zero-order chi connectivity index (χ0) is 27.8. The molecule has 0 aromatic heterocycles. The molecule has 36 heavy (non-hydrogen) atoms. The molecule has 202 valence electrons. The van der Waals surface area contributed by atoms with Gasteiger partial charge in [-0.1, -0.05) is 32.0 Å². The molecule has 0 fully saturated rings. The lowest BCUT2D eigenvalue weighted by Gasteiger charge is -2.37. The summed E-state index contributed by atoms with van der Waals surface area (Å²) in [5.41, 5.74) is -0.0586. The molecular formula is C26H41N3O7. The second-order valence-electron chi connectivity index (χ2n) is 10.4. The summed E-state index contributed by atoms with van der Waals surface area (Å²) >= 11 is 0. The largest absolute Gasteiger partial charge is 0.507 e. The molecule has 2 atom stereocenters. The van der Waals surface area contributed by atoms with Crippen molar-refractivity contribution >= 4 is 23.9 Å². The summed E-state index contributed by atoms with van der Waals surface area (Å²) in [5, 5.41) is 16.0. The average Bonchev–Trinajstić information content (AvgIpc) is 2.74. The van der Waals surface area contributed by atoms with E-state index in [9.17, 15) is 24.3 Å². The van der Waals surface area contributed by atoms with Crippen molar-refractivity contribution in [1.82, 2.24) is 15.5 Å². The zero-order valence-corrected chi connectivity index (χ0v) is 22.8. The van der Waals surface area contributed by atoms with Crippen molar-refractivity contribution in [2.75, 3.05) is 13.7 Å². The average molecular weight is 508 g/mol. The number of phenolic OH excluding ortho intramolecular Hbond substituents is 1. The predicted octanol–water partition coefficient (Wildman–Crippen LogP) is 3.21. The van der Waals surface area contributed by atoms with Gasteiger partial charge in [0.25, 0.3) is 0 Å². The first-order valence-corrected chi connectivity index (χ1v) is 12.0. The molecule has 1 rings (SSSR count). The van der Waals surface area contributed by atoms with Crippen molar-refractivity contribution in [2.45, 2.75) is 85.5 Å². The molecule has 0 saturated carbocycles. The fourth-order valence-corrected chi connectivity index (χ4v) is 3.65. The molecule has 0 heterocycles. The quantitative estimate of drug-likeness (QED) is 0.414. The van der Waals surface area contributed by atoms with Gasteiger partial charge in [-0.2, -0.15) is 0 Å². The molecule has 10 heteroatoms. The summed E-state index contributed by atoms with van der Waals surface area (Å²) in [4.78, 5) is 52.9. The molecule has 0 bridgehead atoms. The van der Waals surface area contributed by atoms with E-state index in [4.69, 9.17) is 4.74 Å². The van der Waals surface area contributed by atoms with Crippen molar-refractivity contribution in [3.05, 3.63) is 29.3 Å². The Morgan fingerprint density at radius 3 is 2.19 bits per heavy atom. The lowest BCUT2D eigenvalue weighted by molar-refractivity contribution is -0.146. The normalized spacial score (nSPS) is 13.1. The Morgan fingerprint density at radius 2 is 1.69 bits per heavy atom. The maximum Gasteiger partial charge on any atom is 0.408 e. The van der Waals surface area contributed by atoms with E-state index in [2.05, 4.69) is 15.4 Å². The number of benzene rings is 1. The van der Waals surface area contributed by atoms with Gasteiger partial charge >= 0.3 is 12.1 Å². The topological polar surface area (TPSA) is 134 Å². The second kappa shape index (κ2) is 13.1. The van der Waals surface area contributed by atoms with E-state index in [1.165, 1.54) is 12.0 Å². The Balaban J connectivity index is 3.53. The van der Waals surface area contributed by atoms with E-state index in [0.29, 0.717) is 5.56 Å². The smallest absolute Gasteiger partial charge is 0.408 e. The minimum absolute atomic E-state index is 0.0295. The van der Waals surface area contributed by atoms with Crippen LogP contribution in [0.25, 0.3) is 0 Å². The Bertz CT molecular complexity index is 938. The van der Waals surface area contributed by atoms with Crippen LogP contribution in [0.5, 0.6) is 5.75 Å². The van der Waals surface area contributed by atoms with E-state index in [1.807, 2.05) is 13.8 Å². The van der Waals surface area contributed by atoms with Gasteiger partial charge in [0.05, 0.1) is 7.11 Å². The number of hydrogen-bond donors (Lipinski definition) is 3. The van der Waals surface area contributed by atoms with Gasteiger partial charge in [-0.15, -0.1) is 0 Å². The number of nitrogens with zero attached hydrogens (tertiary/aromatic N) is 1. The van der Waals surface area contributed by atoms with E-state index < -0.39 is 54.1 Å². The van der Waals surface area contributed by atoms with Gasteiger partial charge in [-0.3, -0.25) is 14.4 Å². The fraction of sp³-hybridized carbons (Fsp3) is 0.615. The van der Waals surface area contributed by atoms with Crippen LogP contribution in [0.2, 0.25) is 0 Å². The monoisotopic (exact) mass is 507 g/mol. The second-order valence-corrected chi connectivity index (χ2v) is 10.4. The zero-order valence-electron chi connectivity index (χ0n) is 22.8. The molecule has 0 saturated heterocycles. The first kappa shape index (κ1) is 30.7. The summed E-state index contributed by atoms with van der Waals surface area (Å²) in [6, 6.07) is 2.10. The van der Waals surface area contributed by atoms with Gasteiger partial charge < -0.3 is 30.1 Å². The van der Waals surface area contributed by atoms with Crippen LogP contribution in [0.15, 0.2) is 18.2 Å². The highest BCUT2D eigenvalue weighted by molar-refractivity contribution is 5.93. The number of ether oxygens (including phenoxy) is 2. The molecule has 0 aliphatic heterocycles. The number of para-hydroxylation sites is 1. The van der Waals surface area contributed by atoms with Crippen LogP contribution >= 0.6 is 0 Å². The lowest BCUT2D eigenvalue weighted by Crippen LogP contribution is -2.55. The Labute approximate surface area is 213 Å². The van der Waals surface area contributed by atoms with Gasteiger partial charge in [0, 0.05) is 11.6 Å². The van der Waals surface area contributed by atoms with Gasteiger partial charge in [-0.05, 0) is 59.4 Å². The summed E-state index contributed by atoms with van der Waals surface area (Å²) in [5.74, 6) is -1.98. The molecule has 2 unspecified atom stereocenters. The minimum Gasteiger partial charge on any atom is -0.507 e. The number of aryl methyl sites for hydroxylation is 1. The summed E-state index contributed by atoms with van der Waals surface area (Å²) in [6.07, 6.45) is -0.465. The standard InChI is InChI=1S/C26H41N3O7/c1-15(2)13-19(28-25(34)36-26(6,7)8)24(33)29(16(3)4)21(23(32)27-14-20(30)35-9)18-12-10-11-17(5)22(18)31/h10-12,15-16,19,21,31H,13-14H2,1-9H3,(H,27,32)(H,28,34). The molecule has 10 nitrogen and oxygen atoms in total. The first-order chi connectivity index (χ1) is 16.6. The lowest BCUT2D eigenvalue weighted by atomic mass is 9.96. The van der Waals surface area contributed by atoms with E-state index in [1.54, 1.807) is 59.7 Å². The van der Waals surface area contributed by atoms with Crippen LogP contribution in [0, 0.1) is 12.8 Å². The van der Waals surface area contributed by atoms with Gasteiger partial charge in [0.2, 0.25) is 11.8 Å². The number of esters is 1. The predicted molar refractivity (Wildman–Crippen MR) is 135 cm³/mol. The number of rotatable bonds is 10. The Kier molecular flexibility index (Phi) is 11.2.